The average molecular weight is 632 g/mol. The van der Waals surface area contributed by atoms with Gasteiger partial charge in [0.15, 0.2) is 5.75 Å². The number of aromatic nitrogens is 1. The number of hydrogen-bond donors (Lipinski definition) is 2. The molecule has 2 N–H and O–H groups in total. The predicted octanol–water partition coefficient (Wildman–Crippen LogP) is 6.08. The maximum Gasteiger partial charge on any atom is 0.323 e. The number of benzene rings is 3. The molecule has 0 unspecified atom stereocenters. The monoisotopic (exact) mass is 631 g/mol. The first-order valence-electron chi connectivity index (χ1n) is 14.9. The van der Waals surface area contributed by atoms with E-state index in [4.69, 9.17) is 14.5 Å². The third-order valence-electron chi connectivity index (χ3n) is 8.02. The van der Waals surface area contributed by atoms with E-state index in [1.165, 1.54) is 14.2 Å². The van der Waals surface area contributed by atoms with Crippen LogP contribution in [0.1, 0.15) is 32.0 Å². The summed E-state index contributed by atoms with van der Waals surface area (Å²) in [7, 11) is -0.679. The van der Waals surface area contributed by atoms with Crippen molar-refractivity contribution >= 4 is 43.9 Å². The minimum atomic E-state index is -3.59. The van der Waals surface area contributed by atoms with Crippen molar-refractivity contribution in [1.82, 2.24) is 9.88 Å². The van der Waals surface area contributed by atoms with E-state index in [0.717, 1.165) is 76.6 Å². The van der Waals surface area contributed by atoms with Gasteiger partial charge in [-0.25, -0.2) is 13.2 Å². The zero-order chi connectivity index (χ0) is 32.4. The average Bonchev–Trinajstić information content (AvgIpc) is 3.00. The Balaban J connectivity index is 1.42. The minimum Gasteiger partial charge on any atom is -0.492 e. The number of amides is 2. The lowest BCUT2D eigenvalue weighted by molar-refractivity contribution is 0.0336. The number of morpholine rings is 1. The molecule has 0 aliphatic carbocycles. The van der Waals surface area contributed by atoms with Gasteiger partial charge in [0.1, 0.15) is 0 Å². The van der Waals surface area contributed by atoms with Crippen LogP contribution in [-0.2, 0) is 26.7 Å². The summed E-state index contributed by atoms with van der Waals surface area (Å²) in [5, 5.41) is 7.73. The maximum atomic E-state index is 13.5. The van der Waals surface area contributed by atoms with Crippen LogP contribution in [0.5, 0.6) is 5.75 Å². The van der Waals surface area contributed by atoms with Crippen LogP contribution in [0.3, 0.4) is 0 Å². The van der Waals surface area contributed by atoms with E-state index < -0.39 is 16.1 Å². The number of carbonyl (C=O) groups excluding carboxylic acids is 1. The Morgan fingerprint density at radius 2 is 1.69 bits per heavy atom. The van der Waals surface area contributed by atoms with Crippen LogP contribution in [0.15, 0.2) is 66.9 Å². The highest BCUT2D eigenvalue weighted by Crippen LogP contribution is 2.41. The lowest BCUT2D eigenvalue weighted by atomic mass is 9.86. The lowest BCUT2D eigenvalue weighted by Gasteiger charge is -2.27. The van der Waals surface area contributed by atoms with Gasteiger partial charge in [-0.05, 0) is 46.2 Å². The van der Waals surface area contributed by atoms with Gasteiger partial charge in [0.25, 0.3) is 0 Å². The molecular weight excluding hydrogens is 590 g/mol. The molecule has 2 amide bonds. The molecule has 238 valence electrons. The van der Waals surface area contributed by atoms with Gasteiger partial charge in [-0.15, -0.1) is 0 Å². The molecule has 0 saturated carbocycles. The first kappa shape index (κ1) is 32.2. The van der Waals surface area contributed by atoms with Crippen molar-refractivity contribution in [2.24, 2.45) is 0 Å². The fourth-order valence-corrected chi connectivity index (χ4v) is 5.86. The first-order chi connectivity index (χ1) is 21.3. The highest BCUT2D eigenvalue weighted by molar-refractivity contribution is 7.92. The molecule has 0 bridgehead atoms. The zero-order valence-corrected chi connectivity index (χ0v) is 27.5. The van der Waals surface area contributed by atoms with Gasteiger partial charge in [0, 0.05) is 43.8 Å². The largest absolute Gasteiger partial charge is 0.492 e. The van der Waals surface area contributed by atoms with Crippen molar-refractivity contribution in [3.63, 3.8) is 0 Å². The molecule has 1 aliphatic heterocycles. The van der Waals surface area contributed by atoms with Crippen LogP contribution in [-0.4, -0.2) is 71.0 Å². The molecule has 0 radical (unpaired) electrons. The SMILES string of the molecule is COc1c(NC(=O)Nc2ccc(-c3ccc(CN4CCOCC4)nc3)c3ccccc23)cc(C(C)(C)C)cc1N(C)S(C)(=O)=O. The Bertz CT molecular complexity index is 1800. The second kappa shape index (κ2) is 13.0. The number of urea groups is 1. The van der Waals surface area contributed by atoms with Gasteiger partial charge < -0.3 is 20.1 Å². The number of nitrogens with zero attached hydrogens (tertiary/aromatic N) is 3. The number of pyridine rings is 1. The second-order valence-electron chi connectivity index (χ2n) is 12.3. The van der Waals surface area contributed by atoms with Gasteiger partial charge in [0.2, 0.25) is 10.0 Å². The summed E-state index contributed by atoms with van der Waals surface area (Å²) in [5.74, 6) is 0.246. The lowest BCUT2D eigenvalue weighted by Crippen LogP contribution is -2.35. The summed E-state index contributed by atoms with van der Waals surface area (Å²) < 4.78 is 37.1. The maximum absolute atomic E-state index is 13.5. The number of nitrogens with one attached hydrogen (secondary N) is 2. The number of methoxy groups -OCH3 is 1. The van der Waals surface area contributed by atoms with Crippen LogP contribution in [0.4, 0.5) is 21.9 Å². The Hall–Kier alpha value is -4.19. The molecule has 3 aromatic carbocycles. The van der Waals surface area contributed by atoms with Gasteiger partial charge in [-0.3, -0.25) is 14.2 Å². The smallest absolute Gasteiger partial charge is 0.323 e. The molecule has 10 nitrogen and oxygen atoms in total. The number of hydrogen-bond acceptors (Lipinski definition) is 7. The molecule has 1 fully saturated rings. The Labute approximate surface area is 265 Å². The van der Waals surface area contributed by atoms with E-state index in [1.807, 2.05) is 69.4 Å². The van der Waals surface area contributed by atoms with Crippen molar-refractivity contribution < 1.29 is 22.7 Å². The van der Waals surface area contributed by atoms with Gasteiger partial charge in [0.05, 0.1) is 49.3 Å². The topological polar surface area (TPSA) is 113 Å². The van der Waals surface area contributed by atoms with Crippen LogP contribution < -0.4 is 19.7 Å². The van der Waals surface area contributed by atoms with E-state index in [0.29, 0.717) is 17.1 Å². The van der Waals surface area contributed by atoms with Crippen molar-refractivity contribution in [2.45, 2.75) is 32.7 Å². The highest BCUT2D eigenvalue weighted by Gasteiger charge is 2.25. The van der Waals surface area contributed by atoms with E-state index in [9.17, 15) is 13.2 Å². The van der Waals surface area contributed by atoms with E-state index in [1.54, 1.807) is 6.07 Å². The van der Waals surface area contributed by atoms with Crippen LogP contribution in [0, 0.1) is 0 Å². The van der Waals surface area contributed by atoms with Crippen molar-refractivity contribution in [2.75, 3.05) is 61.7 Å². The molecule has 0 spiro atoms. The fourth-order valence-electron chi connectivity index (χ4n) is 5.37. The van der Waals surface area contributed by atoms with Crippen molar-refractivity contribution in [3.8, 4) is 16.9 Å². The van der Waals surface area contributed by atoms with Gasteiger partial charge in [-0.1, -0.05) is 57.2 Å². The quantitative estimate of drug-likeness (QED) is 0.242. The number of sulfonamides is 1. The third kappa shape index (κ3) is 7.38. The molecule has 2 heterocycles. The predicted molar refractivity (Wildman–Crippen MR) is 181 cm³/mol. The minimum absolute atomic E-state index is 0.246. The third-order valence-corrected chi connectivity index (χ3v) is 9.21. The molecule has 45 heavy (non-hydrogen) atoms. The highest BCUT2D eigenvalue weighted by atomic mass is 32.2. The summed E-state index contributed by atoms with van der Waals surface area (Å²) >= 11 is 0. The van der Waals surface area contributed by atoms with E-state index in [2.05, 4.69) is 27.7 Å². The Morgan fingerprint density at radius 1 is 1.00 bits per heavy atom. The number of ether oxygens (including phenoxy) is 2. The second-order valence-corrected chi connectivity index (χ2v) is 14.3. The van der Waals surface area contributed by atoms with Crippen LogP contribution in [0.2, 0.25) is 0 Å². The number of rotatable bonds is 8. The standard InChI is InChI=1S/C34H41N5O5S/c1-34(2,3)24-19-30(32(43-5)31(20-24)38(4)45(6,41)42)37-33(40)36-29-14-13-26(27-9-7-8-10-28(27)29)23-11-12-25(35-21-23)22-39-15-17-44-18-16-39/h7-14,19-21H,15-18,22H2,1-6H3,(H2,36,37,40). The molecule has 0 atom stereocenters. The zero-order valence-electron chi connectivity index (χ0n) is 26.7. The number of anilines is 3. The van der Waals surface area contributed by atoms with Crippen molar-refractivity contribution in [1.29, 1.82) is 0 Å². The summed E-state index contributed by atoms with van der Waals surface area (Å²) in [4.78, 5) is 20.5. The Morgan fingerprint density at radius 3 is 2.31 bits per heavy atom. The molecular formula is C34H41N5O5S. The molecule has 1 saturated heterocycles. The normalized spacial score (nSPS) is 14.3. The molecule has 5 rings (SSSR count). The van der Waals surface area contributed by atoms with Gasteiger partial charge in [-0.2, -0.15) is 0 Å². The fraction of sp³-hybridized carbons (Fsp3) is 0.353. The molecule has 1 aliphatic rings. The number of fused-ring (bicyclic) bond motifs is 1. The van der Waals surface area contributed by atoms with E-state index >= 15 is 0 Å². The van der Waals surface area contributed by atoms with Gasteiger partial charge >= 0.3 is 6.03 Å². The summed E-state index contributed by atoms with van der Waals surface area (Å²) in [6.45, 7) is 10.2. The molecule has 1 aromatic heterocycles. The van der Waals surface area contributed by atoms with Crippen LogP contribution in [0.25, 0.3) is 21.9 Å². The Kier molecular flexibility index (Phi) is 9.33. The summed E-state index contributed by atoms with van der Waals surface area (Å²) in [5.41, 5.74) is 4.84. The first-order valence-corrected chi connectivity index (χ1v) is 16.7. The number of carbonyl (C=O) groups is 1. The summed E-state index contributed by atoms with van der Waals surface area (Å²) in [6.07, 6.45) is 3.03. The van der Waals surface area contributed by atoms with Crippen LogP contribution >= 0.6 is 0 Å². The molecule has 4 aromatic rings. The van der Waals surface area contributed by atoms with E-state index in [-0.39, 0.29) is 11.2 Å². The summed E-state index contributed by atoms with van der Waals surface area (Å²) in [6, 6.07) is 19.0. The molecule has 11 heteroatoms. The van der Waals surface area contributed by atoms with Crippen molar-refractivity contribution in [3.05, 3.63) is 78.1 Å².